The van der Waals surface area contributed by atoms with Crippen molar-refractivity contribution in [3.05, 3.63) is 30.0 Å². The quantitative estimate of drug-likeness (QED) is 0.413. The number of Topliss-reactive ketones (excluding diaryl/α,β-unsaturated/α-hetero) is 1. The summed E-state index contributed by atoms with van der Waals surface area (Å²) in [4.78, 5) is 57.6. The first-order valence-corrected chi connectivity index (χ1v) is 13.6. The monoisotopic (exact) mass is 522 g/mol. The molecule has 3 amide bonds. The van der Waals surface area contributed by atoms with Gasteiger partial charge in [-0.25, -0.2) is 0 Å². The second kappa shape index (κ2) is 9.72. The van der Waals surface area contributed by atoms with Gasteiger partial charge in [0.15, 0.2) is 5.78 Å². The van der Waals surface area contributed by atoms with E-state index in [1.165, 1.54) is 0 Å². The highest BCUT2D eigenvalue weighted by Crippen LogP contribution is 2.44. The fraction of sp³-hybridized carbons (Fsp3) is 0.571. The Morgan fingerprint density at radius 3 is 2.74 bits per heavy atom. The first-order valence-electron chi connectivity index (χ1n) is 13.6. The van der Waals surface area contributed by atoms with E-state index < -0.39 is 30.4 Å². The molecule has 2 aliphatic carbocycles. The number of likely N-dealkylation sites (tertiary alicyclic amines) is 1. The number of amides is 3. The number of benzene rings is 1. The molecule has 3 heterocycles. The first-order chi connectivity index (χ1) is 18.4. The third-order valence-corrected chi connectivity index (χ3v) is 9.35. The summed E-state index contributed by atoms with van der Waals surface area (Å²) in [6.45, 7) is -0.245. The predicted octanol–water partition coefficient (Wildman–Crippen LogP) is 1.38. The zero-order valence-electron chi connectivity index (χ0n) is 21.4. The van der Waals surface area contributed by atoms with E-state index >= 15 is 0 Å². The van der Waals surface area contributed by atoms with Crippen molar-refractivity contribution in [2.24, 2.45) is 23.7 Å². The summed E-state index contributed by atoms with van der Waals surface area (Å²) in [5, 5.41) is 16.2. The lowest BCUT2D eigenvalue weighted by molar-refractivity contribution is -0.133. The van der Waals surface area contributed by atoms with Crippen LogP contribution in [-0.4, -0.2) is 76.9 Å². The molecular formula is C28H34N4O6. The molecule has 10 nitrogen and oxygen atoms in total. The van der Waals surface area contributed by atoms with Gasteiger partial charge < -0.3 is 30.4 Å². The van der Waals surface area contributed by atoms with Crippen LogP contribution in [0, 0.1) is 23.7 Å². The van der Waals surface area contributed by atoms with E-state index in [-0.39, 0.29) is 47.9 Å². The SMILES string of the molecule is COc1cccc2[nH]c(C(=O)N3CC4CCCC4C3C(=O)NC(CC3C(=O)NC4CCC43)C(=O)CO)cc12. The fourth-order valence-electron chi connectivity index (χ4n) is 7.27. The molecule has 2 aliphatic heterocycles. The first kappa shape index (κ1) is 24.9. The minimum absolute atomic E-state index is 0.00790. The molecule has 4 N–H and O–H groups in total. The van der Waals surface area contributed by atoms with Crippen molar-refractivity contribution in [2.45, 2.75) is 56.7 Å². The van der Waals surface area contributed by atoms with E-state index in [0.717, 1.165) is 43.0 Å². The summed E-state index contributed by atoms with van der Waals surface area (Å²) < 4.78 is 5.43. The Morgan fingerprint density at radius 1 is 1.18 bits per heavy atom. The Balaban J connectivity index is 1.24. The Labute approximate surface area is 220 Å². The number of H-pyrrole nitrogens is 1. The number of nitrogens with one attached hydrogen (secondary N) is 3. The van der Waals surface area contributed by atoms with Gasteiger partial charge in [-0.05, 0) is 68.1 Å². The maximum atomic E-state index is 13.8. The third-order valence-electron chi connectivity index (χ3n) is 9.35. The van der Waals surface area contributed by atoms with Gasteiger partial charge in [-0.1, -0.05) is 12.5 Å². The van der Waals surface area contributed by atoms with Crippen LogP contribution in [0.1, 0.15) is 49.0 Å². The number of methoxy groups -OCH3 is 1. The Bertz CT molecular complexity index is 1290. The van der Waals surface area contributed by atoms with Crippen LogP contribution in [0.15, 0.2) is 24.3 Å². The number of aromatic amines is 1. The summed E-state index contributed by atoms with van der Waals surface area (Å²) in [6.07, 6.45) is 4.78. The summed E-state index contributed by atoms with van der Waals surface area (Å²) in [5.41, 5.74) is 1.15. The van der Waals surface area contributed by atoms with E-state index in [4.69, 9.17) is 4.74 Å². The van der Waals surface area contributed by atoms with E-state index in [1.54, 1.807) is 18.1 Å². The number of aromatic nitrogens is 1. The van der Waals surface area contributed by atoms with Crippen molar-refractivity contribution in [1.29, 1.82) is 0 Å². The lowest BCUT2D eigenvalue weighted by atomic mass is 9.73. The van der Waals surface area contributed by atoms with Gasteiger partial charge in [-0.15, -0.1) is 0 Å². The molecule has 7 atom stereocenters. The van der Waals surface area contributed by atoms with Crippen LogP contribution in [0.4, 0.5) is 0 Å². The van der Waals surface area contributed by atoms with Crippen molar-refractivity contribution < 1.29 is 29.0 Å². The van der Waals surface area contributed by atoms with E-state index in [2.05, 4.69) is 15.6 Å². The summed E-state index contributed by atoms with van der Waals surface area (Å²) in [6, 6.07) is 5.75. The molecule has 0 spiro atoms. The molecule has 1 aromatic carbocycles. The number of carbonyl (C=O) groups is 4. The molecule has 2 saturated heterocycles. The summed E-state index contributed by atoms with van der Waals surface area (Å²) in [7, 11) is 1.58. The normalized spacial score (nSPS) is 30.4. The largest absolute Gasteiger partial charge is 0.496 e. The highest BCUT2D eigenvalue weighted by atomic mass is 16.5. The molecule has 6 rings (SSSR count). The third kappa shape index (κ3) is 4.05. The van der Waals surface area contributed by atoms with Crippen LogP contribution in [0.2, 0.25) is 0 Å². The number of rotatable bonds is 8. The van der Waals surface area contributed by atoms with Gasteiger partial charge in [0.25, 0.3) is 5.91 Å². The number of carbonyl (C=O) groups excluding carboxylic acids is 4. The number of ether oxygens (including phenoxy) is 1. The van der Waals surface area contributed by atoms with Gasteiger partial charge in [-0.2, -0.15) is 0 Å². The minimum Gasteiger partial charge on any atom is -0.496 e. The zero-order valence-corrected chi connectivity index (χ0v) is 21.4. The molecule has 10 heteroatoms. The maximum absolute atomic E-state index is 13.8. The molecule has 2 saturated carbocycles. The lowest BCUT2D eigenvalue weighted by Crippen LogP contribution is -2.54. The summed E-state index contributed by atoms with van der Waals surface area (Å²) >= 11 is 0. The van der Waals surface area contributed by atoms with Crippen molar-refractivity contribution in [3.63, 3.8) is 0 Å². The molecule has 4 aliphatic rings. The number of hydrogen-bond donors (Lipinski definition) is 4. The van der Waals surface area contributed by atoms with Crippen LogP contribution >= 0.6 is 0 Å². The Hall–Kier alpha value is -3.40. The van der Waals surface area contributed by atoms with Crippen molar-refractivity contribution in [2.75, 3.05) is 20.3 Å². The molecule has 2 aromatic rings. The standard InChI is InChI=1S/C28H34N4O6/c1-38-24-7-3-6-19-18(24)11-22(29-19)28(37)32-12-14-4-2-5-15(14)25(32)27(36)31-21(23(34)13-33)10-17-16-8-9-20(16)30-26(17)35/h3,6-7,11,14-17,20-21,25,29,33H,2,4-5,8-10,12-13H2,1H3,(H,30,35)(H,31,36). The lowest BCUT2D eigenvalue weighted by Gasteiger charge is -2.33. The molecule has 38 heavy (non-hydrogen) atoms. The number of hydrogen-bond acceptors (Lipinski definition) is 6. The maximum Gasteiger partial charge on any atom is 0.271 e. The second-order valence-corrected chi connectivity index (χ2v) is 11.2. The predicted molar refractivity (Wildman–Crippen MR) is 137 cm³/mol. The number of aliphatic hydroxyl groups is 1. The second-order valence-electron chi connectivity index (χ2n) is 11.2. The van der Waals surface area contributed by atoms with Crippen molar-refractivity contribution in [3.8, 4) is 5.75 Å². The molecule has 4 fully saturated rings. The number of ketones is 1. The van der Waals surface area contributed by atoms with Gasteiger partial charge in [0, 0.05) is 29.4 Å². The van der Waals surface area contributed by atoms with Gasteiger partial charge in [0.1, 0.15) is 24.1 Å². The van der Waals surface area contributed by atoms with Crippen molar-refractivity contribution in [1.82, 2.24) is 20.5 Å². The number of fused-ring (bicyclic) bond motifs is 3. The molecule has 1 aromatic heterocycles. The molecule has 7 unspecified atom stereocenters. The Morgan fingerprint density at radius 2 is 2.03 bits per heavy atom. The minimum atomic E-state index is -0.975. The van der Waals surface area contributed by atoms with Gasteiger partial charge in [-0.3, -0.25) is 19.2 Å². The van der Waals surface area contributed by atoms with Gasteiger partial charge >= 0.3 is 0 Å². The molecule has 0 radical (unpaired) electrons. The van der Waals surface area contributed by atoms with E-state index in [9.17, 15) is 24.3 Å². The molecule has 202 valence electrons. The van der Waals surface area contributed by atoms with Crippen LogP contribution in [-0.2, 0) is 14.4 Å². The molecular weight excluding hydrogens is 488 g/mol. The number of aliphatic hydroxyl groups excluding tert-OH is 1. The van der Waals surface area contributed by atoms with Crippen LogP contribution in [0.25, 0.3) is 10.9 Å². The number of nitrogens with zero attached hydrogens (tertiary/aromatic N) is 1. The van der Waals surface area contributed by atoms with E-state index in [0.29, 0.717) is 18.0 Å². The molecule has 0 bridgehead atoms. The highest BCUT2D eigenvalue weighted by molar-refractivity contribution is 6.02. The fourth-order valence-corrected chi connectivity index (χ4v) is 7.27. The average Bonchev–Trinajstić information content (AvgIpc) is 3.66. The van der Waals surface area contributed by atoms with Crippen LogP contribution < -0.4 is 15.4 Å². The van der Waals surface area contributed by atoms with E-state index in [1.807, 2.05) is 18.2 Å². The zero-order chi connectivity index (χ0) is 26.6. The average molecular weight is 523 g/mol. The van der Waals surface area contributed by atoms with Crippen molar-refractivity contribution >= 4 is 34.4 Å². The Kier molecular flexibility index (Phi) is 6.37. The van der Waals surface area contributed by atoms with Crippen LogP contribution in [0.3, 0.4) is 0 Å². The van der Waals surface area contributed by atoms with Crippen LogP contribution in [0.5, 0.6) is 5.75 Å². The smallest absolute Gasteiger partial charge is 0.271 e. The topological polar surface area (TPSA) is 141 Å². The van der Waals surface area contributed by atoms with Gasteiger partial charge in [0.05, 0.1) is 13.2 Å². The summed E-state index contributed by atoms with van der Waals surface area (Å²) in [5.74, 6) is -0.591. The van der Waals surface area contributed by atoms with Gasteiger partial charge in [0.2, 0.25) is 11.8 Å². The highest BCUT2D eigenvalue weighted by Gasteiger charge is 2.51.